The van der Waals surface area contributed by atoms with Crippen LogP contribution in [0.5, 0.6) is 11.5 Å². The Morgan fingerprint density at radius 2 is 1.73 bits per heavy atom. The van der Waals surface area contributed by atoms with Gasteiger partial charge in [0.1, 0.15) is 12.2 Å². The fraction of sp³-hybridized carbons (Fsp3) is 0.115. The number of hydrogen-bond donors (Lipinski definition) is 1. The van der Waals surface area contributed by atoms with Gasteiger partial charge in [0, 0.05) is 5.02 Å². The zero-order valence-corrected chi connectivity index (χ0v) is 23.3. The van der Waals surface area contributed by atoms with Gasteiger partial charge in [-0.2, -0.15) is 0 Å². The molecule has 1 heterocycles. The lowest BCUT2D eigenvalue weighted by atomic mass is 10.1. The van der Waals surface area contributed by atoms with Gasteiger partial charge in [0.05, 0.1) is 27.3 Å². The van der Waals surface area contributed by atoms with E-state index in [2.05, 4.69) is 21.2 Å². The van der Waals surface area contributed by atoms with E-state index in [4.69, 9.17) is 44.3 Å². The van der Waals surface area contributed by atoms with E-state index in [0.717, 1.165) is 16.0 Å². The van der Waals surface area contributed by atoms with Crippen LogP contribution in [0.2, 0.25) is 15.1 Å². The molecule has 1 aliphatic heterocycles. The first kappa shape index (κ1) is 27.0. The number of halogens is 4. The highest BCUT2D eigenvalue weighted by molar-refractivity contribution is 9.10. The van der Waals surface area contributed by atoms with E-state index < -0.39 is 17.8 Å². The normalized spacial score (nSPS) is 14.7. The minimum Gasteiger partial charge on any atom is -0.493 e. The van der Waals surface area contributed by atoms with Crippen molar-refractivity contribution >= 4 is 80.3 Å². The molecule has 0 aliphatic carbocycles. The topological polar surface area (TPSA) is 84.9 Å². The van der Waals surface area contributed by atoms with Gasteiger partial charge in [-0.15, -0.1) is 0 Å². The van der Waals surface area contributed by atoms with Crippen LogP contribution in [0.4, 0.5) is 10.5 Å². The van der Waals surface area contributed by atoms with Crippen LogP contribution < -0.4 is 19.7 Å². The molecule has 1 saturated heterocycles. The van der Waals surface area contributed by atoms with Gasteiger partial charge in [0.15, 0.2) is 11.5 Å². The largest absolute Gasteiger partial charge is 0.493 e. The van der Waals surface area contributed by atoms with Crippen molar-refractivity contribution in [1.82, 2.24) is 5.32 Å². The first-order chi connectivity index (χ1) is 17.6. The molecular weight excluding hydrogens is 607 g/mol. The molecule has 0 bridgehead atoms. The highest BCUT2D eigenvalue weighted by Gasteiger charge is 2.37. The Labute approximate surface area is 236 Å². The molecule has 0 spiro atoms. The fourth-order valence-corrected chi connectivity index (χ4v) is 4.60. The van der Waals surface area contributed by atoms with E-state index in [1.54, 1.807) is 49.4 Å². The Hall–Kier alpha value is -3.04. The number of benzene rings is 3. The van der Waals surface area contributed by atoms with E-state index in [1.807, 2.05) is 0 Å². The molecule has 0 saturated carbocycles. The number of carbonyl (C=O) groups excluding carboxylic acids is 3. The third kappa shape index (κ3) is 5.78. The molecular formula is C26H18BrCl3N2O5. The summed E-state index contributed by atoms with van der Waals surface area (Å²) in [6, 6.07) is 12.3. The van der Waals surface area contributed by atoms with Crippen LogP contribution in [0, 0.1) is 6.92 Å². The minimum absolute atomic E-state index is 0.184. The van der Waals surface area contributed by atoms with Crippen LogP contribution in [-0.2, 0) is 16.2 Å². The number of ether oxygens (including phenoxy) is 2. The SMILES string of the molecule is COc1cc(/C=C2/C(=O)NC(=O)N(c3ccc(C)c(Cl)c3)C2=O)cc(Br)c1OCc1ccc(Cl)c(Cl)c1. The van der Waals surface area contributed by atoms with Gasteiger partial charge in [-0.25, -0.2) is 9.69 Å². The maximum Gasteiger partial charge on any atom is 0.335 e. The number of anilines is 1. The molecule has 1 aliphatic rings. The number of rotatable bonds is 6. The number of imide groups is 2. The molecule has 3 aromatic carbocycles. The molecule has 4 amide bonds. The summed E-state index contributed by atoms with van der Waals surface area (Å²) in [5.74, 6) is -0.854. The summed E-state index contributed by atoms with van der Waals surface area (Å²) in [6.45, 7) is 1.98. The molecule has 11 heteroatoms. The summed E-state index contributed by atoms with van der Waals surface area (Å²) in [6.07, 6.45) is 1.36. The first-order valence-corrected chi connectivity index (χ1v) is 12.6. The minimum atomic E-state index is -0.864. The lowest BCUT2D eigenvalue weighted by Crippen LogP contribution is -2.54. The average molecular weight is 625 g/mol. The number of nitrogens with zero attached hydrogens (tertiary/aromatic N) is 1. The van der Waals surface area contributed by atoms with Gasteiger partial charge in [-0.05, 0) is 82.0 Å². The van der Waals surface area contributed by atoms with Gasteiger partial charge in [-0.1, -0.05) is 46.9 Å². The second kappa shape index (κ2) is 11.1. The Morgan fingerprint density at radius 3 is 2.41 bits per heavy atom. The van der Waals surface area contributed by atoms with Crippen LogP contribution in [0.15, 0.2) is 58.6 Å². The zero-order chi connectivity index (χ0) is 26.9. The van der Waals surface area contributed by atoms with Crippen molar-refractivity contribution in [2.45, 2.75) is 13.5 Å². The van der Waals surface area contributed by atoms with Gasteiger partial charge >= 0.3 is 6.03 Å². The molecule has 37 heavy (non-hydrogen) atoms. The van der Waals surface area contributed by atoms with Crippen molar-refractivity contribution < 1.29 is 23.9 Å². The Bertz CT molecular complexity index is 1470. The Balaban J connectivity index is 1.64. The third-order valence-electron chi connectivity index (χ3n) is 5.45. The quantitative estimate of drug-likeness (QED) is 0.237. The second-order valence-electron chi connectivity index (χ2n) is 7.96. The van der Waals surface area contributed by atoms with Gasteiger partial charge in [0.2, 0.25) is 0 Å². The van der Waals surface area contributed by atoms with E-state index >= 15 is 0 Å². The molecule has 0 aromatic heterocycles. The van der Waals surface area contributed by atoms with Crippen molar-refractivity contribution in [1.29, 1.82) is 0 Å². The Kier molecular flexibility index (Phi) is 8.14. The van der Waals surface area contributed by atoms with Crippen molar-refractivity contribution in [2.24, 2.45) is 0 Å². The Morgan fingerprint density at radius 1 is 0.973 bits per heavy atom. The predicted octanol–water partition coefficient (Wildman–Crippen LogP) is 6.97. The molecule has 0 atom stereocenters. The molecule has 3 aromatic rings. The average Bonchev–Trinajstić information content (AvgIpc) is 2.85. The van der Waals surface area contributed by atoms with Crippen LogP contribution in [0.3, 0.4) is 0 Å². The van der Waals surface area contributed by atoms with E-state index in [0.29, 0.717) is 36.6 Å². The molecule has 0 unspecified atom stereocenters. The number of aryl methyl sites for hydroxylation is 1. The lowest BCUT2D eigenvalue weighted by Gasteiger charge is -2.26. The summed E-state index contributed by atoms with van der Waals surface area (Å²) in [5, 5.41) is 3.42. The van der Waals surface area contributed by atoms with Crippen LogP contribution in [0.1, 0.15) is 16.7 Å². The van der Waals surface area contributed by atoms with Gasteiger partial charge in [-0.3, -0.25) is 14.9 Å². The van der Waals surface area contributed by atoms with E-state index in [-0.39, 0.29) is 17.9 Å². The molecule has 1 N–H and O–H groups in total. The highest BCUT2D eigenvalue weighted by atomic mass is 79.9. The summed E-state index contributed by atoms with van der Waals surface area (Å²) in [7, 11) is 1.46. The fourth-order valence-electron chi connectivity index (χ4n) is 3.53. The predicted molar refractivity (Wildman–Crippen MR) is 147 cm³/mol. The zero-order valence-electron chi connectivity index (χ0n) is 19.4. The van der Waals surface area contributed by atoms with Crippen LogP contribution in [0.25, 0.3) is 6.08 Å². The van der Waals surface area contributed by atoms with E-state index in [1.165, 1.54) is 19.3 Å². The number of urea groups is 1. The summed E-state index contributed by atoms with van der Waals surface area (Å²) < 4.78 is 11.9. The number of carbonyl (C=O) groups is 3. The smallest absolute Gasteiger partial charge is 0.335 e. The monoisotopic (exact) mass is 622 g/mol. The molecule has 0 radical (unpaired) electrons. The van der Waals surface area contributed by atoms with Crippen LogP contribution in [-0.4, -0.2) is 25.0 Å². The van der Waals surface area contributed by atoms with Crippen LogP contribution >= 0.6 is 50.7 Å². The number of nitrogens with one attached hydrogen (secondary N) is 1. The number of barbiturate groups is 1. The highest BCUT2D eigenvalue weighted by Crippen LogP contribution is 2.38. The third-order valence-corrected chi connectivity index (χ3v) is 7.18. The van der Waals surface area contributed by atoms with Crippen molar-refractivity contribution in [3.63, 3.8) is 0 Å². The van der Waals surface area contributed by atoms with Gasteiger partial charge < -0.3 is 9.47 Å². The number of amides is 4. The molecule has 4 rings (SSSR count). The maximum atomic E-state index is 13.2. The van der Waals surface area contributed by atoms with Crippen molar-refractivity contribution in [2.75, 3.05) is 12.0 Å². The maximum absolute atomic E-state index is 13.2. The summed E-state index contributed by atoms with van der Waals surface area (Å²) >= 11 is 21.7. The second-order valence-corrected chi connectivity index (χ2v) is 10.0. The standard InChI is InChI=1S/C26H18BrCl3N2O5/c1-13-3-5-16(11-20(13)29)32-25(34)17(24(33)31-26(32)35)7-15-8-18(27)23(22(10-15)36-2)37-12-14-4-6-19(28)21(30)9-14/h3-11H,12H2,1-2H3,(H,31,33,35)/b17-7-. The number of hydrogen-bond acceptors (Lipinski definition) is 5. The molecule has 7 nitrogen and oxygen atoms in total. The lowest BCUT2D eigenvalue weighted by molar-refractivity contribution is -0.122. The van der Waals surface area contributed by atoms with Crippen molar-refractivity contribution in [3.8, 4) is 11.5 Å². The number of methoxy groups -OCH3 is 1. The first-order valence-electron chi connectivity index (χ1n) is 10.7. The van der Waals surface area contributed by atoms with Gasteiger partial charge in [0.25, 0.3) is 11.8 Å². The van der Waals surface area contributed by atoms with Crippen molar-refractivity contribution in [3.05, 3.63) is 90.3 Å². The van der Waals surface area contributed by atoms with E-state index in [9.17, 15) is 14.4 Å². The molecule has 1 fully saturated rings. The molecule has 190 valence electrons. The summed E-state index contributed by atoms with van der Waals surface area (Å²) in [4.78, 5) is 39.1. The summed E-state index contributed by atoms with van der Waals surface area (Å²) in [5.41, 5.74) is 2.02.